The van der Waals surface area contributed by atoms with Crippen molar-refractivity contribution in [2.75, 3.05) is 6.26 Å². The largest absolute Gasteiger partial charge is 0.458 e. The molecule has 0 aromatic rings. The van der Waals surface area contributed by atoms with E-state index < -0.39 is 0 Å². The van der Waals surface area contributed by atoms with Crippen LogP contribution in [0.2, 0.25) is 0 Å². The van der Waals surface area contributed by atoms with E-state index in [1.54, 1.807) is 5.41 Å². The number of aliphatic hydroxyl groups is 1. The maximum Gasteiger partial charge on any atom is 0.331 e. The smallest absolute Gasteiger partial charge is 0.331 e. The van der Waals surface area contributed by atoms with Gasteiger partial charge in [0, 0.05) is 18.2 Å². The number of esters is 1. The number of hydrogen-bond donors (Lipinski definition) is 2. The standard InChI is InChI=1S/C22H41NO3S/c1-4-5-12-20(24)13-10-8-6-7-9-11-19-14-15-21(18(2)23-19)26-22(25)16-17-27-3/h16-21,23-24H,4-15H2,1-3H3/b17-16+/t18-,19-,20+,21+/m1/s1. The second kappa shape index (κ2) is 15.4. The van der Waals surface area contributed by atoms with Gasteiger partial charge in [-0.15, -0.1) is 11.8 Å². The highest BCUT2D eigenvalue weighted by molar-refractivity contribution is 8.01. The quantitative estimate of drug-likeness (QED) is 0.239. The average molecular weight is 400 g/mol. The molecule has 2 N–H and O–H groups in total. The van der Waals surface area contributed by atoms with E-state index in [4.69, 9.17) is 4.74 Å². The van der Waals surface area contributed by atoms with Gasteiger partial charge in [0.05, 0.1) is 6.10 Å². The summed E-state index contributed by atoms with van der Waals surface area (Å²) in [5.41, 5.74) is 0. The summed E-state index contributed by atoms with van der Waals surface area (Å²) in [5.74, 6) is -0.235. The van der Waals surface area contributed by atoms with Crippen LogP contribution in [0.5, 0.6) is 0 Å². The molecular weight excluding hydrogens is 358 g/mol. The molecule has 0 amide bonds. The minimum Gasteiger partial charge on any atom is -0.458 e. The molecule has 1 aliphatic rings. The van der Waals surface area contributed by atoms with Gasteiger partial charge in [0.1, 0.15) is 6.10 Å². The van der Waals surface area contributed by atoms with Crippen molar-refractivity contribution in [1.29, 1.82) is 0 Å². The van der Waals surface area contributed by atoms with Crippen molar-refractivity contribution in [1.82, 2.24) is 5.32 Å². The summed E-state index contributed by atoms with van der Waals surface area (Å²) in [5, 5.41) is 15.2. The van der Waals surface area contributed by atoms with Crippen LogP contribution < -0.4 is 5.32 Å². The molecule has 0 aromatic carbocycles. The maximum atomic E-state index is 11.7. The predicted octanol–water partition coefficient (Wildman–Crippen LogP) is 5.20. The van der Waals surface area contributed by atoms with Crippen LogP contribution in [0.15, 0.2) is 11.5 Å². The van der Waals surface area contributed by atoms with Crippen molar-refractivity contribution < 1.29 is 14.6 Å². The SMILES string of the molecule is CCCC[C@H](O)CCCCCCC[C@@H]1CC[C@H](OC(=O)/C=C/SC)[C@@H](C)N1. The fourth-order valence-corrected chi connectivity index (χ4v) is 4.01. The predicted molar refractivity (Wildman–Crippen MR) is 116 cm³/mol. The number of carbonyl (C=O) groups excluding carboxylic acids is 1. The fraction of sp³-hybridized carbons (Fsp3) is 0.864. The molecule has 0 saturated carbocycles. The number of unbranched alkanes of at least 4 members (excludes halogenated alkanes) is 5. The fourth-order valence-electron chi connectivity index (χ4n) is 3.76. The van der Waals surface area contributed by atoms with Gasteiger partial charge in [-0.3, -0.25) is 0 Å². The van der Waals surface area contributed by atoms with Gasteiger partial charge in [-0.05, 0) is 50.7 Å². The minimum atomic E-state index is -0.235. The van der Waals surface area contributed by atoms with Crippen molar-refractivity contribution in [3.63, 3.8) is 0 Å². The number of thioether (sulfide) groups is 1. The van der Waals surface area contributed by atoms with Crippen LogP contribution in [-0.4, -0.2) is 41.6 Å². The summed E-state index contributed by atoms with van der Waals surface area (Å²) >= 11 is 1.50. The van der Waals surface area contributed by atoms with Gasteiger partial charge in [0.2, 0.25) is 0 Å². The molecule has 0 unspecified atom stereocenters. The van der Waals surface area contributed by atoms with Crippen molar-refractivity contribution in [3.8, 4) is 0 Å². The molecule has 4 atom stereocenters. The zero-order chi connectivity index (χ0) is 19.9. The van der Waals surface area contributed by atoms with Crippen LogP contribution in [-0.2, 0) is 9.53 Å². The number of nitrogens with one attached hydrogen (secondary N) is 1. The van der Waals surface area contributed by atoms with Gasteiger partial charge < -0.3 is 15.2 Å². The van der Waals surface area contributed by atoms with E-state index in [0.29, 0.717) is 6.04 Å². The van der Waals surface area contributed by atoms with Crippen molar-refractivity contribution in [2.45, 2.75) is 115 Å². The molecule has 1 rings (SSSR count). The topological polar surface area (TPSA) is 58.6 Å². The van der Waals surface area contributed by atoms with E-state index in [1.165, 1.54) is 56.4 Å². The maximum absolute atomic E-state index is 11.7. The van der Waals surface area contributed by atoms with Gasteiger partial charge >= 0.3 is 5.97 Å². The van der Waals surface area contributed by atoms with Gasteiger partial charge in [-0.25, -0.2) is 4.79 Å². The third-order valence-corrected chi connectivity index (χ3v) is 5.85. The van der Waals surface area contributed by atoms with E-state index in [1.807, 2.05) is 6.26 Å². The number of hydrogen-bond acceptors (Lipinski definition) is 5. The molecule has 1 heterocycles. The molecule has 0 spiro atoms. The number of rotatable bonds is 14. The molecule has 27 heavy (non-hydrogen) atoms. The van der Waals surface area contributed by atoms with Crippen LogP contribution >= 0.6 is 11.8 Å². The Labute approximate surface area is 170 Å². The minimum absolute atomic E-state index is 0.0145. The molecular formula is C22H41NO3S. The van der Waals surface area contributed by atoms with Crippen LogP contribution in [0.1, 0.15) is 90.9 Å². The van der Waals surface area contributed by atoms with Crippen LogP contribution in [0, 0.1) is 0 Å². The Balaban J connectivity index is 2.05. The normalized spacial score (nSPS) is 24.2. The summed E-state index contributed by atoms with van der Waals surface area (Å²) in [6.45, 7) is 4.29. The van der Waals surface area contributed by atoms with Gasteiger partial charge in [0.25, 0.3) is 0 Å². The van der Waals surface area contributed by atoms with E-state index in [-0.39, 0.29) is 24.2 Å². The molecule has 0 radical (unpaired) electrons. The molecule has 1 aliphatic heterocycles. The van der Waals surface area contributed by atoms with E-state index in [9.17, 15) is 9.90 Å². The molecule has 158 valence electrons. The Bertz CT molecular complexity index is 416. The summed E-state index contributed by atoms with van der Waals surface area (Å²) in [7, 11) is 0. The van der Waals surface area contributed by atoms with Crippen molar-refractivity contribution >= 4 is 17.7 Å². The molecule has 0 aromatic heterocycles. The lowest BCUT2D eigenvalue weighted by atomic mass is 9.93. The molecule has 1 saturated heterocycles. The molecule has 5 heteroatoms. The lowest BCUT2D eigenvalue weighted by Crippen LogP contribution is -2.50. The Hall–Kier alpha value is -0.520. The first-order chi connectivity index (χ1) is 13.1. The summed E-state index contributed by atoms with van der Waals surface area (Å²) in [6, 6.07) is 0.771. The van der Waals surface area contributed by atoms with E-state index in [0.717, 1.165) is 38.5 Å². The van der Waals surface area contributed by atoms with Crippen molar-refractivity contribution in [3.05, 3.63) is 11.5 Å². The second-order valence-corrected chi connectivity index (χ2v) is 8.63. The zero-order valence-electron chi connectivity index (χ0n) is 17.6. The summed E-state index contributed by atoms with van der Waals surface area (Å²) < 4.78 is 5.55. The first-order valence-electron chi connectivity index (χ1n) is 10.9. The van der Waals surface area contributed by atoms with Crippen LogP contribution in [0.25, 0.3) is 0 Å². The van der Waals surface area contributed by atoms with Gasteiger partial charge in [-0.2, -0.15) is 0 Å². The van der Waals surface area contributed by atoms with Crippen LogP contribution in [0.3, 0.4) is 0 Å². The van der Waals surface area contributed by atoms with E-state index in [2.05, 4.69) is 19.2 Å². The first kappa shape index (κ1) is 24.5. The third kappa shape index (κ3) is 11.8. The summed E-state index contributed by atoms with van der Waals surface area (Å²) in [4.78, 5) is 11.7. The van der Waals surface area contributed by atoms with E-state index >= 15 is 0 Å². The molecule has 0 aliphatic carbocycles. The molecule has 1 fully saturated rings. The summed E-state index contributed by atoms with van der Waals surface area (Å²) in [6.07, 6.45) is 17.0. The highest BCUT2D eigenvalue weighted by atomic mass is 32.2. The van der Waals surface area contributed by atoms with Crippen LogP contribution in [0.4, 0.5) is 0 Å². The van der Waals surface area contributed by atoms with Gasteiger partial charge in [0.15, 0.2) is 0 Å². The van der Waals surface area contributed by atoms with Gasteiger partial charge in [-0.1, -0.05) is 51.9 Å². The molecule has 4 nitrogen and oxygen atoms in total. The number of aliphatic hydroxyl groups excluding tert-OH is 1. The Kier molecular flexibility index (Phi) is 14.0. The second-order valence-electron chi connectivity index (χ2n) is 7.88. The number of ether oxygens (including phenoxy) is 1. The third-order valence-electron chi connectivity index (χ3n) is 5.44. The Morgan fingerprint density at radius 3 is 2.59 bits per heavy atom. The lowest BCUT2D eigenvalue weighted by molar-refractivity contribution is -0.145. The average Bonchev–Trinajstić information content (AvgIpc) is 2.66. The lowest BCUT2D eigenvalue weighted by Gasteiger charge is -2.35. The Morgan fingerprint density at radius 1 is 1.19 bits per heavy atom. The number of carbonyl (C=O) groups is 1. The Morgan fingerprint density at radius 2 is 1.89 bits per heavy atom. The monoisotopic (exact) mass is 399 g/mol. The first-order valence-corrected chi connectivity index (χ1v) is 12.2. The van der Waals surface area contributed by atoms with Crippen molar-refractivity contribution in [2.24, 2.45) is 0 Å². The zero-order valence-corrected chi connectivity index (χ0v) is 18.4. The highest BCUT2D eigenvalue weighted by Crippen LogP contribution is 2.21. The molecule has 0 bridgehead atoms. The number of piperidine rings is 1. The highest BCUT2D eigenvalue weighted by Gasteiger charge is 2.28.